The van der Waals surface area contributed by atoms with Crippen molar-refractivity contribution in [2.75, 3.05) is 5.32 Å². The van der Waals surface area contributed by atoms with Crippen LogP contribution in [-0.4, -0.2) is 15.1 Å². The van der Waals surface area contributed by atoms with Gasteiger partial charge in [-0.05, 0) is 18.2 Å². The van der Waals surface area contributed by atoms with Crippen molar-refractivity contribution in [3.8, 4) is 11.5 Å². The number of nitrogens with zero attached hydrogens (tertiary/aromatic N) is 1. The fourth-order valence-corrected chi connectivity index (χ4v) is 1.63. The number of anilines is 1. The number of hydrogen-bond acceptors (Lipinski definition) is 5. The Morgan fingerprint density at radius 2 is 1.95 bits per heavy atom. The number of phenolic OH excluding ortho intramolecular Hbond substituents is 2. The molecule has 0 unspecified atom stereocenters. The van der Waals surface area contributed by atoms with Gasteiger partial charge in [0.25, 0.3) is 5.69 Å². The van der Waals surface area contributed by atoms with Crippen LogP contribution in [0.25, 0.3) is 0 Å². The lowest BCUT2D eigenvalue weighted by atomic mass is 10.2. The average Bonchev–Trinajstić information content (AvgIpc) is 2.38. The molecular weight excluding hydrogens is 248 g/mol. The second kappa shape index (κ2) is 5.26. The Labute approximate surface area is 109 Å². The SMILES string of the molecule is O=[N+]([O-])c1cccc(NCc2ccc(O)cc2O)c1. The summed E-state index contributed by atoms with van der Waals surface area (Å²) in [7, 11) is 0. The van der Waals surface area contributed by atoms with Gasteiger partial charge in [0.2, 0.25) is 0 Å². The summed E-state index contributed by atoms with van der Waals surface area (Å²) in [6, 6.07) is 10.4. The third kappa shape index (κ3) is 3.12. The van der Waals surface area contributed by atoms with E-state index in [-0.39, 0.29) is 17.2 Å². The zero-order valence-electron chi connectivity index (χ0n) is 9.91. The molecule has 0 aliphatic carbocycles. The molecule has 6 nitrogen and oxygen atoms in total. The summed E-state index contributed by atoms with van der Waals surface area (Å²) in [6.07, 6.45) is 0. The standard InChI is InChI=1S/C13H12N2O4/c16-12-5-4-9(13(17)7-12)8-14-10-2-1-3-11(6-10)15(18)19/h1-7,14,16-17H,8H2. The van der Waals surface area contributed by atoms with Crippen molar-refractivity contribution in [1.82, 2.24) is 0 Å². The van der Waals surface area contributed by atoms with Crippen LogP contribution in [0.3, 0.4) is 0 Å². The summed E-state index contributed by atoms with van der Waals surface area (Å²) in [6.45, 7) is 0.299. The third-order valence-electron chi connectivity index (χ3n) is 2.61. The molecule has 0 aliphatic rings. The van der Waals surface area contributed by atoms with Crippen molar-refractivity contribution in [1.29, 1.82) is 0 Å². The van der Waals surface area contributed by atoms with Crippen LogP contribution in [-0.2, 0) is 6.54 Å². The average molecular weight is 260 g/mol. The first-order valence-electron chi connectivity index (χ1n) is 5.55. The van der Waals surface area contributed by atoms with Crippen LogP contribution in [0.5, 0.6) is 11.5 Å². The second-order valence-corrected chi connectivity index (χ2v) is 3.97. The summed E-state index contributed by atoms with van der Waals surface area (Å²) in [4.78, 5) is 10.2. The molecule has 0 bridgehead atoms. The Morgan fingerprint density at radius 1 is 1.16 bits per heavy atom. The van der Waals surface area contributed by atoms with Crippen molar-refractivity contribution < 1.29 is 15.1 Å². The molecule has 0 atom stereocenters. The number of hydrogen-bond donors (Lipinski definition) is 3. The second-order valence-electron chi connectivity index (χ2n) is 3.97. The van der Waals surface area contributed by atoms with Gasteiger partial charge >= 0.3 is 0 Å². The van der Waals surface area contributed by atoms with Gasteiger partial charge < -0.3 is 15.5 Å². The third-order valence-corrected chi connectivity index (χ3v) is 2.61. The number of aromatic hydroxyl groups is 2. The lowest BCUT2D eigenvalue weighted by Crippen LogP contribution is -2.00. The zero-order chi connectivity index (χ0) is 13.8. The van der Waals surface area contributed by atoms with Crippen LogP contribution in [0.4, 0.5) is 11.4 Å². The van der Waals surface area contributed by atoms with E-state index in [1.54, 1.807) is 18.2 Å². The van der Waals surface area contributed by atoms with E-state index < -0.39 is 4.92 Å². The van der Waals surface area contributed by atoms with Gasteiger partial charge in [-0.2, -0.15) is 0 Å². The van der Waals surface area contributed by atoms with E-state index in [0.717, 1.165) is 0 Å². The van der Waals surface area contributed by atoms with Gasteiger partial charge in [0.15, 0.2) is 0 Å². The van der Waals surface area contributed by atoms with Crippen molar-refractivity contribution in [3.63, 3.8) is 0 Å². The topological polar surface area (TPSA) is 95.6 Å². The molecule has 19 heavy (non-hydrogen) atoms. The molecule has 0 saturated carbocycles. The molecular formula is C13H12N2O4. The molecule has 0 amide bonds. The zero-order valence-corrected chi connectivity index (χ0v) is 9.91. The minimum Gasteiger partial charge on any atom is -0.508 e. The van der Waals surface area contributed by atoms with Crippen molar-refractivity contribution in [2.24, 2.45) is 0 Å². The molecule has 2 rings (SSSR count). The Balaban J connectivity index is 2.10. The maximum absolute atomic E-state index is 10.6. The fraction of sp³-hybridized carbons (Fsp3) is 0.0769. The van der Waals surface area contributed by atoms with E-state index in [4.69, 9.17) is 5.11 Å². The fourth-order valence-electron chi connectivity index (χ4n) is 1.63. The highest BCUT2D eigenvalue weighted by atomic mass is 16.6. The van der Waals surface area contributed by atoms with Crippen LogP contribution >= 0.6 is 0 Å². The van der Waals surface area contributed by atoms with Gasteiger partial charge in [0.05, 0.1) is 4.92 Å². The molecule has 0 spiro atoms. The van der Waals surface area contributed by atoms with Gasteiger partial charge in [-0.3, -0.25) is 10.1 Å². The normalized spacial score (nSPS) is 10.1. The number of rotatable bonds is 4. The van der Waals surface area contributed by atoms with Gasteiger partial charge in [-0.25, -0.2) is 0 Å². The minimum atomic E-state index is -0.469. The van der Waals surface area contributed by atoms with Gasteiger partial charge in [-0.15, -0.1) is 0 Å². The molecule has 0 radical (unpaired) electrons. The summed E-state index contributed by atoms with van der Waals surface area (Å²) < 4.78 is 0. The number of non-ortho nitro benzene ring substituents is 1. The number of phenols is 2. The van der Waals surface area contributed by atoms with E-state index in [1.807, 2.05) is 0 Å². The highest BCUT2D eigenvalue weighted by Gasteiger charge is 2.06. The van der Waals surface area contributed by atoms with Gasteiger partial charge in [0, 0.05) is 36.0 Å². The molecule has 3 N–H and O–H groups in total. The van der Waals surface area contributed by atoms with Crippen LogP contribution < -0.4 is 5.32 Å². The maximum Gasteiger partial charge on any atom is 0.271 e. The van der Waals surface area contributed by atoms with E-state index >= 15 is 0 Å². The quantitative estimate of drug-likeness (QED) is 0.580. The molecule has 0 saturated heterocycles. The summed E-state index contributed by atoms with van der Waals surface area (Å²) >= 11 is 0. The molecule has 0 heterocycles. The number of nitro groups is 1. The number of benzene rings is 2. The monoisotopic (exact) mass is 260 g/mol. The van der Waals surface area contributed by atoms with Crippen LogP contribution in [0, 0.1) is 10.1 Å². The largest absolute Gasteiger partial charge is 0.508 e. The van der Waals surface area contributed by atoms with Crippen molar-refractivity contribution in [3.05, 3.63) is 58.1 Å². The van der Waals surface area contributed by atoms with Gasteiger partial charge in [-0.1, -0.05) is 6.07 Å². The Hall–Kier alpha value is -2.76. The van der Waals surface area contributed by atoms with Crippen molar-refractivity contribution in [2.45, 2.75) is 6.54 Å². The van der Waals surface area contributed by atoms with E-state index in [2.05, 4.69) is 5.32 Å². The molecule has 0 aromatic heterocycles. The van der Waals surface area contributed by atoms with Crippen LogP contribution in [0.15, 0.2) is 42.5 Å². The van der Waals surface area contributed by atoms with Crippen LogP contribution in [0.1, 0.15) is 5.56 Å². The summed E-state index contributed by atoms with van der Waals surface area (Å²) in [5.41, 5.74) is 1.17. The minimum absolute atomic E-state index is 0.0000666. The first kappa shape index (κ1) is 12.7. The molecule has 0 aliphatic heterocycles. The highest BCUT2D eigenvalue weighted by Crippen LogP contribution is 2.24. The predicted octanol–water partition coefficient (Wildman–Crippen LogP) is 2.62. The van der Waals surface area contributed by atoms with E-state index in [9.17, 15) is 15.2 Å². The van der Waals surface area contributed by atoms with Crippen LogP contribution in [0.2, 0.25) is 0 Å². The Kier molecular flexibility index (Phi) is 3.51. The molecule has 0 fully saturated rings. The number of nitro benzene ring substituents is 1. The summed E-state index contributed by atoms with van der Waals surface area (Å²) in [5, 5.41) is 32.4. The number of nitrogens with one attached hydrogen (secondary N) is 1. The van der Waals surface area contributed by atoms with Crippen molar-refractivity contribution >= 4 is 11.4 Å². The smallest absolute Gasteiger partial charge is 0.271 e. The molecule has 2 aromatic carbocycles. The molecule has 98 valence electrons. The lowest BCUT2D eigenvalue weighted by molar-refractivity contribution is -0.384. The lowest BCUT2D eigenvalue weighted by Gasteiger charge is -2.08. The molecule has 6 heteroatoms. The Bertz CT molecular complexity index is 613. The summed E-state index contributed by atoms with van der Waals surface area (Å²) in [5.74, 6) is -0.0467. The maximum atomic E-state index is 10.6. The molecule has 2 aromatic rings. The highest BCUT2D eigenvalue weighted by molar-refractivity contribution is 5.52. The Morgan fingerprint density at radius 3 is 2.63 bits per heavy atom. The predicted molar refractivity (Wildman–Crippen MR) is 70.2 cm³/mol. The van der Waals surface area contributed by atoms with E-state index in [0.29, 0.717) is 17.8 Å². The first-order chi connectivity index (χ1) is 9.06. The van der Waals surface area contributed by atoms with E-state index in [1.165, 1.54) is 24.3 Å². The van der Waals surface area contributed by atoms with Gasteiger partial charge in [0.1, 0.15) is 11.5 Å². The first-order valence-corrected chi connectivity index (χ1v) is 5.55.